The van der Waals surface area contributed by atoms with E-state index in [1.54, 1.807) is 0 Å². The summed E-state index contributed by atoms with van der Waals surface area (Å²) in [5, 5.41) is 4.59. The van der Waals surface area contributed by atoms with Gasteiger partial charge in [-0.3, -0.25) is 9.97 Å². The molecule has 1 aliphatic heterocycles. The first-order chi connectivity index (χ1) is 35.2. The lowest BCUT2D eigenvalue weighted by molar-refractivity contribution is 0.669. The van der Waals surface area contributed by atoms with Gasteiger partial charge in [-0.2, -0.15) is 0 Å². The number of benzene rings is 9. The Hall–Kier alpha value is -9.32. The van der Waals surface area contributed by atoms with Gasteiger partial charge < -0.3 is 13.9 Å². The summed E-state index contributed by atoms with van der Waals surface area (Å²) in [5.74, 6) is 0. The Morgan fingerprint density at radius 3 is 1.76 bits per heavy atom. The minimum atomic E-state index is -0.808. The van der Waals surface area contributed by atoms with Crippen molar-refractivity contribution in [1.29, 1.82) is 0 Å². The van der Waals surface area contributed by atoms with Crippen molar-refractivity contribution in [2.45, 2.75) is 10.8 Å². The molecule has 4 aliphatic rings. The van der Waals surface area contributed by atoms with E-state index in [9.17, 15) is 0 Å². The molecule has 0 fully saturated rings. The van der Waals surface area contributed by atoms with Gasteiger partial charge in [0.15, 0.2) is 0 Å². The maximum Gasteiger partial charge on any atom is 0.136 e. The van der Waals surface area contributed by atoms with E-state index in [0.717, 1.165) is 78.2 Å². The summed E-state index contributed by atoms with van der Waals surface area (Å²) in [6.45, 7) is 0. The van der Waals surface area contributed by atoms with Crippen molar-refractivity contribution >= 4 is 60.8 Å². The molecule has 5 nitrogen and oxygen atoms in total. The van der Waals surface area contributed by atoms with E-state index in [2.05, 4.69) is 228 Å². The van der Waals surface area contributed by atoms with E-state index in [1.807, 2.05) is 12.3 Å². The molecule has 1 unspecified atom stereocenters. The number of nitrogens with zero attached hydrogens (tertiary/aromatic N) is 4. The maximum atomic E-state index is 6.49. The van der Waals surface area contributed by atoms with E-state index < -0.39 is 10.8 Å². The Bertz CT molecular complexity index is 4460. The zero-order valence-electron chi connectivity index (χ0n) is 38.1. The van der Waals surface area contributed by atoms with Gasteiger partial charge in [0.25, 0.3) is 0 Å². The molecule has 3 aliphatic carbocycles. The summed E-state index contributed by atoms with van der Waals surface area (Å²) in [6.07, 6.45) is 3.98. The van der Waals surface area contributed by atoms with Gasteiger partial charge in [0.2, 0.25) is 0 Å². The molecule has 0 N–H and O–H groups in total. The minimum Gasteiger partial charge on any atom is -0.456 e. The van der Waals surface area contributed by atoms with Crippen LogP contribution < -0.4 is 4.90 Å². The summed E-state index contributed by atoms with van der Waals surface area (Å²) in [5.41, 5.74) is 23.8. The normalized spacial score (nSPS) is 16.0. The highest BCUT2D eigenvalue weighted by molar-refractivity contribution is 6.27. The smallest absolute Gasteiger partial charge is 0.136 e. The first-order valence-corrected chi connectivity index (χ1v) is 24.5. The SMILES string of the molecule is c1ccc(N2c3ccccc3C3(c4cc5c(cc42)C2(c4ccccc4-c4ccccc42)c2ccccc2-5)c2cccnc2-c2ncc(-n4c5ccccc5c5c6c(ccc54)oc4ccccc46)cc23)cc1. The largest absolute Gasteiger partial charge is 0.456 e. The molecule has 0 radical (unpaired) electrons. The van der Waals surface area contributed by atoms with E-state index in [1.165, 1.54) is 66.4 Å². The zero-order valence-corrected chi connectivity index (χ0v) is 38.1. The van der Waals surface area contributed by atoms with Gasteiger partial charge in [-0.05, 0) is 128 Å². The van der Waals surface area contributed by atoms with Crippen molar-refractivity contribution in [2.75, 3.05) is 4.90 Å². The van der Waals surface area contributed by atoms with E-state index in [-0.39, 0.29) is 0 Å². The first kappa shape index (κ1) is 37.6. The molecule has 5 heteroatoms. The number of aromatic nitrogens is 3. The van der Waals surface area contributed by atoms with Gasteiger partial charge in [-0.15, -0.1) is 0 Å². The molecule has 17 rings (SSSR count). The average Bonchev–Trinajstić information content (AvgIpc) is 4.23. The molecule has 9 aromatic carbocycles. The van der Waals surface area contributed by atoms with Crippen LogP contribution >= 0.6 is 0 Å². The molecule has 0 saturated heterocycles. The quantitative estimate of drug-likeness (QED) is 0.173. The second kappa shape index (κ2) is 13.3. The number of hydrogen-bond acceptors (Lipinski definition) is 4. The number of hydrogen-bond donors (Lipinski definition) is 0. The van der Waals surface area contributed by atoms with E-state index >= 15 is 0 Å². The van der Waals surface area contributed by atoms with Crippen LogP contribution in [-0.4, -0.2) is 14.5 Å². The molecule has 13 aromatic rings. The number of furan rings is 1. The lowest BCUT2D eigenvalue weighted by Crippen LogP contribution is -2.37. The Kier molecular flexibility index (Phi) is 7.03. The van der Waals surface area contributed by atoms with Crippen molar-refractivity contribution in [3.05, 3.63) is 275 Å². The van der Waals surface area contributed by atoms with Crippen LogP contribution in [0.15, 0.2) is 235 Å². The predicted octanol–water partition coefficient (Wildman–Crippen LogP) is 16.0. The van der Waals surface area contributed by atoms with Gasteiger partial charge in [-0.1, -0.05) is 152 Å². The molecule has 71 heavy (non-hydrogen) atoms. The van der Waals surface area contributed by atoms with Crippen LogP contribution in [0.2, 0.25) is 0 Å². The minimum absolute atomic E-state index is 0.523. The summed E-state index contributed by atoms with van der Waals surface area (Å²) in [6, 6.07) is 80.7. The zero-order chi connectivity index (χ0) is 46.2. The van der Waals surface area contributed by atoms with Crippen LogP contribution in [0.5, 0.6) is 0 Å². The highest BCUT2D eigenvalue weighted by Gasteiger charge is 2.57. The van der Waals surface area contributed by atoms with Crippen LogP contribution in [0, 0.1) is 0 Å². The highest BCUT2D eigenvalue weighted by Crippen LogP contribution is 2.68. The van der Waals surface area contributed by atoms with Crippen molar-refractivity contribution in [1.82, 2.24) is 14.5 Å². The molecular formula is C66H38N4O. The van der Waals surface area contributed by atoms with Crippen molar-refractivity contribution in [2.24, 2.45) is 0 Å². The lowest BCUT2D eigenvalue weighted by atomic mass is 9.63. The van der Waals surface area contributed by atoms with Crippen LogP contribution in [0.1, 0.15) is 44.5 Å². The van der Waals surface area contributed by atoms with Gasteiger partial charge in [-0.25, -0.2) is 0 Å². The fourth-order valence-corrected chi connectivity index (χ4v) is 14.0. The number of anilines is 3. The molecule has 0 saturated carbocycles. The Morgan fingerprint density at radius 1 is 0.352 bits per heavy atom. The van der Waals surface area contributed by atoms with Crippen LogP contribution in [0.4, 0.5) is 17.1 Å². The van der Waals surface area contributed by atoms with Gasteiger partial charge in [0.05, 0.1) is 56.5 Å². The monoisotopic (exact) mass is 902 g/mol. The van der Waals surface area contributed by atoms with E-state index in [4.69, 9.17) is 14.4 Å². The van der Waals surface area contributed by atoms with Gasteiger partial charge in [0.1, 0.15) is 11.2 Å². The topological polar surface area (TPSA) is 47.1 Å². The predicted molar refractivity (Wildman–Crippen MR) is 285 cm³/mol. The molecule has 2 spiro atoms. The maximum absolute atomic E-state index is 6.49. The second-order valence-corrected chi connectivity index (χ2v) is 19.5. The van der Waals surface area contributed by atoms with Gasteiger partial charge in [0, 0.05) is 39.0 Å². The summed E-state index contributed by atoms with van der Waals surface area (Å²) < 4.78 is 8.90. The molecular weight excluding hydrogens is 865 g/mol. The summed E-state index contributed by atoms with van der Waals surface area (Å²) >= 11 is 0. The number of pyridine rings is 2. The molecule has 4 aromatic heterocycles. The molecule has 1 atom stereocenters. The Labute approximate surface area is 408 Å². The molecule has 5 heterocycles. The third-order valence-electron chi connectivity index (χ3n) is 16.5. The molecule has 328 valence electrons. The molecule has 0 bridgehead atoms. The van der Waals surface area contributed by atoms with Crippen molar-refractivity contribution in [3.8, 4) is 39.3 Å². The van der Waals surface area contributed by atoms with Gasteiger partial charge >= 0.3 is 0 Å². The molecule has 0 amide bonds. The Morgan fingerprint density at radius 2 is 0.972 bits per heavy atom. The van der Waals surface area contributed by atoms with Crippen LogP contribution in [0.3, 0.4) is 0 Å². The number of rotatable bonds is 2. The van der Waals surface area contributed by atoms with E-state index in [0.29, 0.717) is 0 Å². The summed E-state index contributed by atoms with van der Waals surface area (Å²) in [7, 11) is 0. The van der Waals surface area contributed by atoms with Crippen molar-refractivity contribution < 1.29 is 4.42 Å². The van der Waals surface area contributed by atoms with Crippen LogP contribution in [0.25, 0.3) is 83.1 Å². The number of fused-ring (bicyclic) bond motifs is 26. The lowest BCUT2D eigenvalue weighted by Gasteiger charge is -2.45. The third-order valence-corrected chi connectivity index (χ3v) is 16.5. The fourth-order valence-electron chi connectivity index (χ4n) is 14.0. The van der Waals surface area contributed by atoms with Crippen molar-refractivity contribution in [3.63, 3.8) is 0 Å². The average molecular weight is 903 g/mol. The summed E-state index contributed by atoms with van der Waals surface area (Å²) in [4.78, 5) is 13.3. The third kappa shape index (κ3) is 4.41. The second-order valence-electron chi connectivity index (χ2n) is 19.5. The Balaban J connectivity index is 1.01. The number of para-hydroxylation sites is 4. The highest BCUT2D eigenvalue weighted by atomic mass is 16.3. The fraction of sp³-hybridized carbons (Fsp3) is 0.0303. The standard InChI is InChI=1S/C66H38N4O/c1-2-17-39(18-3-1)69-56-30-14-12-27-50(56)66(53-36-46-43-21-6-11-26-49(43)65(52(46)37-58(53)69)47-24-9-4-19-41(47)42-20-5-10-25-48(42)65)51-28-16-34-67-63(51)64-54(66)35-40(38-68-64)70-55-29-13-7-22-44(55)61-57(70)32-33-60-62(61)45-23-8-15-31-59(45)71-60/h1-38H. The van der Waals surface area contributed by atoms with Crippen LogP contribution in [-0.2, 0) is 10.8 Å². The first-order valence-electron chi connectivity index (χ1n) is 24.5.